The molecule has 3 aliphatic rings. The molecule has 0 radical (unpaired) electrons. The van der Waals surface area contributed by atoms with Gasteiger partial charge >= 0.3 is 5.97 Å². The van der Waals surface area contributed by atoms with Gasteiger partial charge in [0.05, 0.1) is 17.4 Å². The first-order valence-corrected chi connectivity index (χ1v) is 10.7. The minimum absolute atomic E-state index is 0.0979. The Labute approximate surface area is 162 Å². The van der Waals surface area contributed by atoms with E-state index in [0.29, 0.717) is 16.5 Å². The fourth-order valence-electron chi connectivity index (χ4n) is 5.57. The predicted molar refractivity (Wildman–Crippen MR) is 103 cm³/mol. The van der Waals surface area contributed by atoms with Gasteiger partial charge in [-0.2, -0.15) is 0 Å². The smallest absolute Gasteiger partial charge is 0.307 e. The first-order valence-electron chi connectivity index (χ1n) is 9.88. The molecule has 1 aromatic rings. The third-order valence-corrected chi connectivity index (χ3v) is 8.10. The molecule has 2 fully saturated rings. The zero-order valence-corrected chi connectivity index (χ0v) is 16.3. The summed E-state index contributed by atoms with van der Waals surface area (Å²) in [5.74, 6) is -1.95. The van der Waals surface area contributed by atoms with Crippen LogP contribution in [0.1, 0.15) is 59.8 Å². The quantitative estimate of drug-likeness (QED) is 0.718. The van der Waals surface area contributed by atoms with E-state index in [4.69, 9.17) is 5.73 Å². The molecule has 1 aromatic heterocycles. The average Bonchev–Trinajstić information content (AvgIpc) is 3.32. The number of carbonyl (C=O) groups excluding carboxylic acids is 2. The van der Waals surface area contributed by atoms with Crippen LogP contribution in [-0.2, 0) is 22.4 Å². The lowest BCUT2D eigenvalue weighted by molar-refractivity contribution is -0.148. The third kappa shape index (κ3) is 3.06. The average molecular weight is 391 g/mol. The Morgan fingerprint density at radius 2 is 1.89 bits per heavy atom. The van der Waals surface area contributed by atoms with Crippen molar-refractivity contribution in [2.45, 2.75) is 51.9 Å². The lowest BCUT2D eigenvalue weighted by Gasteiger charge is -2.26. The zero-order chi connectivity index (χ0) is 19.3. The first-order chi connectivity index (χ1) is 12.9. The van der Waals surface area contributed by atoms with E-state index in [0.717, 1.165) is 55.4 Å². The molecule has 3 aliphatic carbocycles. The van der Waals surface area contributed by atoms with Crippen LogP contribution in [0.2, 0.25) is 0 Å². The van der Waals surface area contributed by atoms with E-state index in [-0.39, 0.29) is 17.7 Å². The summed E-state index contributed by atoms with van der Waals surface area (Å²) in [5, 5.41) is 13.0. The Bertz CT molecular complexity index is 802. The van der Waals surface area contributed by atoms with Gasteiger partial charge in [-0.1, -0.05) is 13.3 Å². The molecule has 0 spiro atoms. The number of carbonyl (C=O) groups is 3. The van der Waals surface area contributed by atoms with Gasteiger partial charge in [-0.15, -0.1) is 11.3 Å². The lowest BCUT2D eigenvalue weighted by Crippen LogP contribution is -2.38. The van der Waals surface area contributed by atoms with Crippen molar-refractivity contribution in [2.24, 2.45) is 35.3 Å². The molecule has 27 heavy (non-hydrogen) atoms. The molecule has 0 unspecified atom stereocenters. The summed E-state index contributed by atoms with van der Waals surface area (Å²) in [5.41, 5.74) is 7.06. The fraction of sp³-hybridized carbons (Fsp3) is 0.650. The fourth-order valence-corrected chi connectivity index (χ4v) is 6.94. The topological polar surface area (TPSA) is 109 Å². The molecule has 4 N–H and O–H groups in total. The number of aliphatic carboxylic acids is 1. The van der Waals surface area contributed by atoms with Crippen molar-refractivity contribution in [1.82, 2.24) is 0 Å². The molecule has 146 valence electrons. The number of fused-ring (bicyclic) bond motifs is 3. The van der Waals surface area contributed by atoms with Crippen molar-refractivity contribution in [1.29, 1.82) is 0 Å². The standard InChI is InChI=1S/C20H26N2O4S/c1-2-9-3-6-12-13(7-9)27-19(16(12)17(21)23)22-18(24)14-10-4-5-11(8-10)15(14)20(25)26/h9-11,14-15H,2-8H2,1H3,(H2,21,23)(H,22,24)(H,25,26)/t9-,10+,11+,14-,15-/m0/s1. The molecule has 5 atom stereocenters. The summed E-state index contributed by atoms with van der Waals surface area (Å²) in [6, 6.07) is 0. The van der Waals surface area contributed by atoms with Crippen molar-refractivity contribution in [3.05, 3.63) is 16.0 Å². The van der Waals surface area contributed by atoms with Crippen LogP contribution in [0.5, 0.6) is 0 Å². The Morgan fingerprint density at radius 3 is 2.52 bits per heavy atom. The number of nitrogens with two attached hydrogens (primary N) is 1. The molecule has 2 bridgehead atoms. The SMILES string of the molecule is CC[C@H]1CCc2c(sc(NC(=O)[C@H]3[C@@H]4CC[C@H](C4)[C@@H]3C(=O)O)c2C(N)=O)C1. The Hall–Kier alpha value is -1.89. The number of anilines is 1. The number of carboxylic acid groups (broad SMARTS) is 1. The number of hydrogen-bond donors (Lipinski definition) is 3. The third-order valence-electron chi connectivity index (χ3n) is 6.93. The number of primary amides is 1. The maximum Gasteiger partial charge on any atom is 0.307 e. The van der Waals surface area contributed by atoms with Crippen molar-refractivity contribution < 1.29 is 19.5 Å². The maximum absolute atomic E-state index is 13.0. The molecule has 1 heterocycles. The van der Waals surface area contributed by atoms with Gasteiger partial charge in [0, 0.05) is 4.88 Å². The highest BCUT2D eigenvalue weighted by atomic mass is 32.1. The highest BCUT2D eigenvalue weighted by Crippen LogP contribution is 2.53. The molecule has 0 aromatic carbocycles. The normalized spacial score (nSPS) is 31.5. The van der Waals surface area contributed by atoms with Crippen molar-refractivity contribution in [2.75, 3.05) is 5.32 Å². The van der Waals surface area contributed by atoms with Crippen LogP contribution >= 0.6 is 11.3 Å². The van der Waals surface area contributed by atoms with E-state index in [1.165, 1.54) is 11.3 Å². The number of rotatable bonds is 5. The Balaban J connectivity index is 1.61. The molecule has 0 aliphatic heterocycles. The highest BCUT2D eigenvalue weighted by Gasteiger charge is 2.54. The van der Waals surface area contributed by atoms with Crippen molar-refractivity contribution in [3.8, 4) is 0 Å². The summed E-state index contributed by atoms with van der Waals surface area (Å²) >= 11 is 1.45. The Morgan fingerprint density at radius 1 is 1.19 bits per heavy atom. The van der Waals surface area contributed by atoms with Gasteiger partial charge in [0.2, 0.25) is 5.91 Å². The van der Waals surface area contributed by atoms with Crippen LogP contribution in [0.4, 0.5) is 5.00 Å². The van der Waals surface area contributed by atoms with Crippen LogP contribution in [0.25, 0.3) is 0 Å². The molecule has 4 rings (SSSR count). The summed E-state index contributed by atoms with van der Waals surface area (Å²) in [6.07, 6.45) is 6.47. The number of thiophene rings is 1. The molecule has 6 nitrogen and oxygen atoms in total. The largest absolute Gasteiger partial charge is 0.481 e. The predicted octanol–water partition coefficient (Wildman–Crippen LogP) is 3.05. The number of hydrogen-bond acceptors (Lipinski definition) is 4. The van der Waals surface area contributed by atoms with Crippen LogP contribution in [0.15, 0.2) is 0 Å². The summed E-state index contributed by atoms with van der Waals surface area (Å²) < 4.78 is 0. The Kier molecular flexibility index (Phi) is 4.74. The lowest BCUT2D eigenvalue weighted by atomic mass is 9.78. The van der Waals surface area contributed by atoms with Crippen LogP contribution < -0.4 is 11.1 Å². The van der Waals surface area contributed by atoms with Crippen molar-refractivity contribution in [3.63, 3.8) is 0 Å². The van der Waals surface area contributed by atoms with Gasteiger partial charge in [-0.05, 0) is 61.8 Å². The van der Waals surface area contributed by atoms with Gasteiger partial charge in [-0.25, -0.2) is 0 Å². The summed E-state index contributed by atoms with van der Waals surface area (Å²) in [7, 11) is 0. The van der Waals surface area contributed by atoms with E-state index in [1.807, 2.05) is 0 Å². The van der Waals surface area contributed by atoms with E-state index >= 15 is 0 Å². The molecular formula is C20H26N2O4S. The molecule has 2 saturated carbocycles. The highest BCUT2D eigenvalue weighted by molar-refractivity contribution is 7.17. The van der Waals surface area contributed by atoms with E-state index in [1.54, 1.807) is 0 Å². The second-order valence-electron chi connectivity index (χ2n) is 8.30. The van der Waals surface area contributed by atoms with Gasteiger partial charge in [0.25, 0.3) is 5.91 Å². The minimum Gasteiger partial charge on any atom is -0.481 e. The van der Waals surface area contributed by atoms with Crippen LogP contribution in [-0.4, -0.2) is 22.9 Å². The van der Waals surface area contributed by atoms with E-state index < -0.39 is 23.7 Å². The number of carboxylic acids is 1. The summed E-state index contributed by atoms with van der Waals surface area (Å²) in [4.78, 5) is 37.9. The van der Waals surface area contributed by atoms with Gasteiger partial charge < -0.3 is 16.2 Å². The second-order valence-corrected chi connectivity index (χ2v) is 9.41. The van der Waals surface area contributed by atoms with E-state index in [9.17, 15) is 19.5 Å². The van der Waals surface area contributed by atoms with Crippen LogP contribution in [0.3, 0.4) is 0 Å². The molecule has 7 heteroatoms. The zero-order valence-electron chi connectivity index (χ0n) is 15.5. The first kappa shape index (κ1) is 18.5. The van der Waals surface area contributed by atoms with Crippen molar-refractivity contribution >= 4 is 34.1 Å². The van der Waals surface area contributed by atoms with Crippen LogP contribution in [0, 0.1) is 29.6 Å². The maximum atomic E-state index is 13.0. The van der Waals surface area contributed by atoms with Gasteiger partial charge in [0.15, 0.2) is 0 Å². The molecule has 0 saturated heterocycles. The number of amides is 2. The second kappa shape index (κ2) is 6.93. The molecule has 2 amide bonds. The number of nitrogens with one attached hydrogen (secondary N) is 1. The summed E-state index contributed by atoms with van der Waals surface area (Å²) in [6.45, 7) is 2.17. The molecular weight excluding hydrogens is 364 g/mol. The minimum atomic E-state index is -0.881. The van der Waals surface area contributed by atoms with Gasteiger partial charge in [-0.3, -0.25) is 14.4 Å². The van der Waals surface area contributed by atoms with Gasteiger partial charge in [0.1, 0.15) is 5.00 Å². The monoisotopic (exact) mass is 390 g/mol. The van der Waals surface area contributed by atoms with E-state index in [2.05, 4.69) is 12.2 Å².